The zero-order valence-electron chi connectivity index (χ0n) is 15.9. The highest BCUT2D eigenvalue weighted by molar-refractivity contribution is 6.02. The summed E-state index contributed by atoms with van der Waals surface area (Å²) < 4.78 is 25.9. The van der Waals surface area contributed by atoms with E-state index in [1.54, 1.807) is 0 Å². The first-order valence-electron chi connectivity index (χ1n) is 9.41. The highest BCUT2D eigenvalue weighted by Crippen LogP contribution is 2.27. The third kappa shape index (κ3) is 5.92. The summed E-state index contributed by atoms with van der Waals surface area (Å²) >= 11 is 0. The molecule has 0 amide bonds. The van der Waals surface area contributed by atoms with E-state index >= 15 is 0 Å². The van der Waals surface area contributed by atoms with Crippen LogP contribution < -0.4 is 0 Å². The number of halogens is 3. The van der Waals surface area contributed by atoms with E-state index < -0.39 is 11.4 Å². The molecule has 0 atom stereocenters. The van der Waals surface area contributed by atoms with E-state index in [1.807, 2.05) is 0 Å². The van der Waals surface area contributed by atoms with Crippen LogP contribution in [0.15, 0.2) is 48.5 Å². The fraction of sp³-hybridized carbons (Fsp3) is 0.364. The average molecular weight is 424 g/mol. The van der Waals surface area contributed by atoms with Crippen molar-refractivity contribution in [3.63, 3.8) is 0 Å². The Bertz CT molecular complexity index is 832. The number of Topliss-reactive ketones (excluding diaryl/α,β-unsaturated/α-hetero) is 2. The number of rotatable bonds is 7. The second-order valence-corrected chi connectivity index (χ2v) is 7.24. The summed E-state index contributed by atoms with van der Waals surface area (Å²) in [5.74, 6) is -1.19. The summed E-state index contributed by atoms with van der Waals surface area (Å²) in [4.78, 5) is 26.8. The van der Waals surface area contributed by atoms with Gasteiger partial charge in [-0.15, -0.1) is 12.4 Å². The number of carbonyl (C=O) groups is 2. The minimum absolute atomic E-state index is 0. The molecular weight excluding hydrogens is 400 g/mol. The van der Waals surface area contributed by atoms with Crippen LogP contribution >= 0.6 is 12.4 Å². The van der Waals surface area contributed by atoms with Crippen LogP contribution in [0.5, 0.6) is 0 Å². The number of aliphatic hydroxyl groups is 1. The maximum Gasteiger partial charge on any atom is 0.194 e. The van der Waals surface area contributed by atoms with Gasteiger partial charge in [0.25, 0.3) is 0 Å². The smallest absolute Gasteiger partial charge is 0.194 e. The van der Waals surface area contributed by atoms with E-state index in [4.69, 9.17) is 0 Å². The van der Waals surface area contributed by atoms with Gasteiger partial charge in [0.15, 0.2) is 11.6 Å². The number of benzene rings is 2. The van der Waals surface area contributed by atoms with Crippen molar-refractivity contribution in [2.45, 2.75) is 31.3 Å². The van der Waals surface area contributed by atoms with Crippen molar-refractivity contribution in [1.29, 1.82) is 0 Å². The van der Waals surface area contributed by atoms with Crippen LogP contribution in [0.25, 0.3) is 0 Å². The van der Waals surface area contributed by atoms with Gasteiger partial charge in [0.05, 0.1) is 0 Å². The molecule has 1 aliphatic rings. The SMILES string of the molecule is Cl.O=C(CCCN1CCC(O)(C(=O)c2ccc(F)cc2)CC1)c1ccc(F)cc1. The van der Waals surface area contributed by atoms with Crippen molar-refractivity contribution in [3.8, 4) is 0 Å². The van der Waals surface area contributed by atoms with Crippen LogP contribution in [0.4, 0.5) is 8.78 Å². The molecule has 156 valence electrons. The van der Waals surface area contributed by atoms with Crippen molar-refractivity contribution in [2.24, 2.45) is 0 Å². The molecule has 0 spiro atoms. The Morgan fingerprint density at radius 3 is 1.90 bits per heavy atom. The van der Waals surface area contributed by atoms with E-state index in [1.165, 1.54) is 48.5 Å². The largest absolute Gasteiger partial charge is 0.382 e. The van der Waals surface area contributed by atoms with Crippen molar-refractivity contribution >= 4 is 24.0 Å². The normalized spacial score (nSPS) is 16.1. The van der Waals surface area contributed by atoms with Crippen LogP contribution in [0.2, 0.25) is 0 Å². The number of carbonyl (C=O) groups excluding carboxylic acids is 2. The summed E-state index contributed by atoms with van der Waals surface area (Å²) in [5, 5.41) is 10.7. The Morgan fingerprint density at radius 2 is 1.38 bits per heavy atom. The second kappa shape index (κ2) is 10.1. The lowest BCUT2D eigenvalue weighted by atomic mass is 9.84. The number of ketones is 2. The molecule has 7 heteroatoms. The number of piperidine rings is 1. The monoisotopic (exact) mass is 423 g/mol. The van der Waals surface area contributed by atoms with Gasteiger partial charge in [-0.25, -0.2) is 8.78 Å². The molecule has 0 unspecified atom stereocenters. The molecule has 2 aromatic rings. The van der Waals surface area contributed by atoms with Crippen molar-refractivity contribution in [2.75, 3.05) is 19.6 Å². The van der Waals surface area contributed by atoms with Crippen molar-refractivity contribution < 1.29 is 23.5 Å². The standard InChI is InChI=1S/C22H23F2NO3.ClH/c23-18-7-3-16(4-8-18)20(26)2-1-13-25-14-11-22(28,12-15-25)21(27)17-5-9-19(24)10-6-17;/h3-10,28H,1-2,11-15H2;1H. The minimum Gasteiger partial charge on any atom is -0.382 e. The molecule has 0 bridgehead atoms. The van der Waals surface area contributed by atoms with Gasteiger partial charge in [-0.2, -0.15) is 0 Å². The third-order valence-electron chi connectivity index (χ3n) is 5.26. The van der Waals surface area contributed by atoms with Gasteiger partial charge in [0.2, 0.25) is 0 Å². The Morgan fingerprint density at radius 1 is 0.897 bits per heavy atom. The molecule has 3 rings (SSSR count). The summed E-state index contributed by atoms with van der Waals surface area (Å²) in [6, 6.07) is 10.7. The molecule has 0 radical (unpaired) electrons. The molecule has 0 aromatic heterocycles. The highest BCUT2D eigenvalue weighted by Gasteiger charge is 2.39. The van der Waals surface area contributed by atoms with Gasteiger partial charge in [-0.1, -0.05) is 0 Å². The summed E-state index contributed by atoms with van der Waals surface area (Å²) in [7, 11) is 0. The van der Waals surface area contributed by atoms with Crippen molar-refractivity contribution in [3.05, 3.63) is 71.3 Å². The van der Waals surface area contributed by atoms with E-state index in [9.17, 15) is 23.5 Å². The van der Waals surface area contributed by atoms with E-state index in [0.717, 1.165) is 0 Å². The predicted octanol–water partition coefficient (Wildman–Crippen LogP) is 4.06. The summed E-state index contributed by atoms with van der Waals surface area (Å²) in [5.41, 5.74) is -0.625. The number of hydrogen-bond acceptors (Lipinski definition) is 4. The Labute approximate surface area is 174 Å². The van der Waals surface area contributed by atoms with E-state index in [0.29, 0.717) is 56.4 Å². The zero-order chi connectivity index (χ0) is 20.1. The quantitative estimate of drug-likeness (QED) is 0.682. The molecule has 0 saturated carbocycles. The number of likely N-dealkylation sites (tertiary alicyclic amines) is 1. The lowest BCUT2D eigenvalue weighted by Crippen LogP contribution is -2.49. The molecular formula is C22H24ClF2NO3. The van der Waals surface area contributed by atoms with Crippen LogP contribution in [0.3, 0.4) is 0 Å². The number of hydrogen-bond donors (Lipinski definition) is 1. The van der Waals surface area contributed by atoms with Crippen LogP contribution in [-0.4, -0.2) is 46.8 Å². The highest BCUT2D eigenvalue weighted by atomic mass is 35.5. The van der Waals surface area contributed by atoms with E-state index in [-0.39, 0.29) is 29.8 Å². The van der Waals surface area contributed by atoms with Gasteiger partial charge < -0.3 is 10.0 Å². The molecule has 1 aliphatic heterocycles. The predicted molar refractivity (Wildman–Crippen MR) is 109 cm³/mol. The molecule has 0 aliphatic carbocycles. The van der Waals surface area contributed by atoms with Gasteiger partial charge in [0.1, 0.15) is 17.2 Å². The topological polar surface area (TPSA) is 57.6 Å². The average Bonchev–Trinajstić information content (AvgIpc) is 2.70. The van der Waals surface area contributed by atoms with Gasteiger partial charge in [-0.3, -0.25) is 9.59 Å². The van der Waals surface area contributed by atoms with Crippen LogP contribution in [-0.2, 0) is 0 Å². The summed E-state index contributed by atoms with van der Waals surface area (Å²) in [6.07, 6.45) is 1.62. The lowest BCUT2D eigenvalue weighted by Gasteiger charge is -2.37. The maximum atomic E-state index is 13.0. The molecule has 4 nitrogen and oxygen atoms in total. The Kier molecular flexibility index (Phi) is 8.02. The Hall–Kier alpha value is -2.15. The van der Waals surface area contributed by atoms with Crippen LogP contribution in [0, 0.1) is 11.6 Å². The molecule has 2 aromatic carbocycles. The van der Waals surface area contributed by atoms with Gasteiger partial charge >= 0.3 is 0 Å². The minimum atomic E-state index is -1.43. The molecule has 1 saturated heterocycles. The first kappa shape index (κ1) is 23.1. The summed E-state index contributed by atoms with van der Waals surface area (Å²) in [6.45, 7) is 1.79. The van der Waals surface area contributed by atoms with Gasteiger partial charge in [-0.05, 0) is 74.3 Å². The zero-order valence-corrected chi connectivity index (χ0v) is 16.8. The fourth-order valence-corrected chi connectivity index (χ4v) is 3.49. The number of nitrogens with zero attached hydrogens (tertiary/aromatic N) is 1. The van der Waals surface area contributed by atoms with Gasteiger partial charge in [0, 0.05) is 30.6 Å². The van der Waals surface area contributed by atoms with Crippen molar-refractivity contribution in [1.82, 2.24) is 4.90 Å². The first-order chi connectivity index (χ1) is 13.4. The first-order valence-corrected chi connectivity index (χ1v) is 9.41. The van der Waals surface area contributed by atoms with E-state index in [2.05, 4.69) is 4.90 Å². The third-order valence-corrected chi connectivity index (χ3v) is 5.26. The maximum absolute atomic E-state index is 13.0. The lowest BCUT2D eigenvalue weighted by molar-refractivity contribution is -0.00648. The molecule has 29 heavy (non-hydrogen) atoms. The molecule has 1 fully saturated rings. The fourth-order valence-electron chi connectivity index (χ4n) is 3.49. The Balaban J connectivity index is 0.00000300. The van der Waals surface area contributed by atoms with Crippen LogP contribution in [0.1, 0.15) is 46.4 Å². The molecule has 1 heterocycles. The molecule has 1 N–H and O–H groups in total. The second-order valence-electron chi connectivity index (χ2n) is 7.24.